The van der Waals surface area contributed by atoms with E-state index in [0.29, 0.717) is 22.1 Å². The maximum absolute atomic E-state index is 12.0. The normalized spacial score (nSPS) is 10.1. The maximum Gasteiger partial charge on any atom is 0.251 e. The molecule has 0 aliphatic carbocycles. The van der Waals surface area contributed by atoms with Gasteiger partial charge in [0.2, 0.25) is 5.91 Å². The predicted molar refractivity (Wildman–Crippen MR) is 81.2 cm³/mol. The molecule has 0 unspecified atom stereocenters. The largest absolute Gasteiger partial charge is 0.347 e. The highest BCUT2D eigenvalue weighted by atomic mass is 35.5. The molecule has 2 aromatic rings. The Balaban J connectivity index is 1.99. The van der Waals surface area contributed by atoms with E-state index < -0.39 is 0 Å². The fourth-order valence-corrected chi connectivity index (χ4v) is 2.68. The number of carbonyl (C=O) groups is 2. The molecule has 1 aromatic carbocycles. The summed E-state index contributed by atoms with van der Waals surface area (Å²) < 4.78 is 0.696. The van der Waals surface area contributed by atoms with Gasteiger partial charge < -0.3 is 10.6 Å². The lowest BCUT2D eigenvalue weighted by Crippen LogP contribution is -2.22. The minimum atomic E-state index is -0.193. The van der Waals surface area contributed by atoms with Crippen molar-refractivity contribution in [2.24, 2.45) is 0 Å². The van der Waals surface area contributed by atoms with Crippen LogP contribution in [0.2, 0.25) is 4.34 Å². The van der Waals surface area contributed by atoms with Gasteiger partial charge in [-0.05, 0) is 30.3 Å². The van der Waals surface area contributed by atoms with Crippen molar-refractivity contribution in [1.82, 2.24) is 5.32 Å². The number of rotatable bonds is 4. The van der Waals surface area contributed by atoms with Gasteiger partial charge in [0.1, 0.15) is 0 Å². The number of carbonyl (C=O) groups excluding carboxylic acids is 2. The number of amides is 2. The van der Waals surface area contributed by atoms with Crippen LogP contribution in [0.25, 0.3) is 0 Å². The van der Waals surface area contributed by atoms with Gasteiger partial charge in [0.15, 0.2) is 0 Å². The molecule has 104 valence electrons. The SMILES string of the molecule is CC(=O)Nc1cccc(C(=O)NCc2ccc(Cl)s2)c1. The number of nitrogens with one attached hydrogen (secondary N) is 2. The van der Waals surface area contributed by atoms with Crippen LogP contribution in [0.4, 0.5) is 5.69 Å². The van der Waals surface area contributed by atoms with Crippen LogP contribution in [0.15, 0.2) is 36.4 Å². The van der Waals surface area contributed by atoms with Crippen LogP contribution in [0.3, 0.4) is 0 Å². The van der Waals surface area contributed by atoms with E-state index in [-0.39, 0.29) is 11.8 Å². The van der Waals surface area contributed by atoms with E-state index in [9.17, 15) is 9.59 Å². The first-order valence-corrected chi connectivity index (χ1v) is 7.14. The fourth-order valence-electron chi connectivity index (χ4n) is 1.66. The zero-order chi connectivity index (χ0) is 14.5. The van der Waals surface area contributed by atoms with Gasteiger partial charge in [-0.2, -0.15) is 0 Å². The number of hydrogen-bond donors (Lipinski definition) is 2. The lowest BCUT2D eigenvalue weighted by atomic mass is 10.2. The van der Waals surface area contributed by atoms with Crippen LogP contribution in [-0.4, -0.2) is 11.8 Å². The predicted octanol–water partition coefficient (Wildman–Crippen LogP) is 3.29. The van der Waals surface area contributed by atoms with Crippen molar-refractivity contribution < 1.29 is 9.59 Å². The quantitative estimate of drug-likeness (QED) is 0.910. The van der Waals surface area contributed by atoms with Crippen molar-refractivity contribution in [3.8, 4) is 0 Å². The fraction of sp³-hybridized carbons (Fsp3) is 0.143. The van der Waals surface area contributed by atoms with Gasteiger partial charge in [0.25, 0.3) is 5.91 Å². The lowest BCUT2D eigenvalue weighted by molar-refractivity contribution is -0.114. The van der Waals surface area contributed by atoms with E-state index in [1.165, 1.54) is 18.3 Å². The van der Waals surface area contributed by atoms with Gasteiger partial charge in [-0.15, -0.1) is 11.3 Å². The Bertz CT molecular complexity index is 640. The van der Waals surface area contributed by atoms with Crippen LogP contribution >= 0.6 is 22.9 Å². The lowest BCUT2D eigenvalue weighted by Gasteiger charge is -2.06. The molecular weight excluding hydrogens is 296 g/mol. The summed E-state index contributed by atoms with van der Waals surface area (Å²) in [6.45, 7) is 1.86. The van der Waals surface area contributed by atoms with Gasteiger partial charge in [0, 0.05) is 23.1 Å². The van der Waals surface area contributed by atoms with Crippen molar-refractivity contribution in [3.63, 3.8) is 0 Å². The Morgan fingerprint density at radius 1 is 1.25 bits per heavy atom. The number of benzene rings is 1. The minimum absolute atomic E-state index is 0.171. The summed E-state index contributed by atoms with van der Waals surface area (Å²) in [5.41, 5.74) is 1.10. The Morgan fingerprint density at radius 2 is 2.05 bits per heavy atom. The summed E-state index contributed by atoms with van der Waals surface area (Å²) >= 11 is 7.26. The zero-order valence-corrected chi connectivity index (χ0v) is 12.3. The molecule has 2 rings (SSSR count). The second-order valence-corrected chi connectivity index (χ2v) is 5.95. The first kappa shape index (κ1) is 14.6. The van der Waals surface area contributed by atoms with E-state index in [0.717, 1.165) is 4.88 Å². The molecule has 1 heterocycles. The van der Waals surface area contributed by atoms with Crippen LogP contribution in [-0.2, 0) is 11.3 Å². The highest BCUT2D eigenvalue weighted by Crippen LogP contribution is 2.21. The molecule has 2 N–H and O–H groups in total. The molecule has 0 bridgehead atoms. The second-order valence-electron chi connectivity index (χ2n) is 4.15. The Kier molecular flexibility index (Phi) is 4.76. The smallest absolute Gasteiger partial charge is 0.251 e. The van der Waals surface area contributed by atoms with E-state index in [1.54, 1.807) is 30.3 Å². The minimum Gasteiger partial charge on any atom is -0.347 e. The topological polar surface area (TPSA) is 58.2 Å². The molecule has 0 fully saturated rings. The van der Waals surface area contributed by atoms with Crippen LogP contribution in [0.5, 0.6) is 0 Å². The molecule has 6 heteroatoms. The Hall–Kier alpha value is -1.85. The standard InChI is InChI=1S/C14H13ClN2O2S/c1-9(18)17-11-4-2-3-10(7-11)14(19)16-8-12-5-6-13(15)20-12/h2-7H,8H2,1H3,(H,16,19)(H,17,18). The molecule has 0 radical (unpaired) electrons. The van der Waals surface area contributed by atoms with Crippen molar-refractivity contribution in [1.29, 1.82) is 0 Å². The van der Waals surface area contributed by atoms with E-state index in [4.69, 9.17) is 11.6 Å². The number of anilines is 1. The molecule has 2 amide bonds. The van der Waals surface area contributed by atoms with Gasteiger partial charge in [-0.1, -0.05) is 17.7 Å². The molecule has 1 aromatic heterocycles. The molecule has 4 nitrogen and oxygen atoms in total. The third kappa shape index (κ3) is 4.08. The highest BCUT2D eigenvalue weighted by molar-refractivity contribution is 7.16. The first-order chi connectivity index (χ1) is 9.54. The van der Waals surface area contributed by atoms with Crippen molar-refractivity contribution in [3.05, 3.63) is 51.2 Å². The second kappa shape index (κ2) is 6.54. The van der Waals surface area contributed by atoms with Gasteiger partial charge in [0.05, 0.1) is 10.9 Å². The van der Waals surface area contributed by atoms with Crippen LogP contribution < -0.4 is 10.6 Å². The summed E-state index contributed by atoms with van der Waals surface area (Å²) in [5, 5.41) is 5.45. The molecule has 0 saturated heterocycles. The number of hydrogen-bond acceptors (Lipinski definition) is 3. The van der Waals surface area contributed by atoms with E-state index >= 15 is 0 Å². The highest BCUT2D eigenvalue weighted by Gasteiger charge is 2.07. The van der Waals surface area contributed by atoms with Crippen molar-refractivity contribution >= 4 is 40.4 Å². The number of halogens is 1. The van der Waals surface area contributed by atoms with Crippen LogP contribution in [0, 0.1) is 0 Å². The van der Waals surface area contributed by atoms with Gasteiger partial charge in [-0.3, -0.25) is 9.59 Å². The van der Waals surface area contributed by atoms with Gasteiger partial charge in [-0.25, -0.2) is 0 Å². The zero-order valence-electron chi connectivity index (χ0n) is 10.8. The third-order valence-corrected chi connectivity index (χ3v) is 3.73. The molecule has 0 saturated carbocycles. The summed E-state index contributed by atoms with van der Waals surface area (Å²) in [7, 11) is 0. The summed E-state index contributed by atoms with van der Waals surface area (Å²) in [5.74, 6) is -0.363. The maximum atomic E-state index is 12.0. The van der Waals surface area contributed by atoms with E-state index in [1.807, 2.05) is 6.07 Å². The number of thiophene rings is 1. The third-order valence-electron chi connectivity index (χ3n) is 2.50. The van der Waals surface area contributed by atoms with Crippen molar-refractivity contribution in [2.75, 3.05) is 5.32 Å². The van der Waals surface area contributed by atoms with Crippen LogP contribution in [0.1, 0.15) is 22.2 Å². The molecule has 0 aliphatic rings. The summed E-state index contributed by atoms with van der Waals surface area (Å²) in [4.78, 5) is 24.0. The Morgan fingerprint density at radius 3 is 2.70 bits per heavy atom. The van der Waals surface area contributed by atoms with Crippen molar-refractivity contribution in [2.45, 2.75) is 13.5 Å². The summed E-state index contributed by atoms with van der Waals surface area (Å²) in [6, 6.07) is 10.5. The monoisotopic (exact) mass is 308 g/mol. The molecule has 0 spiro atoms. The molecule has 20 heavy (non-hydrogen) atoms. The molecule has 0 atom stereocenters. The Labute approximate surface area is 125 Å². The first-order valence-electron chi connectivity index (χ1n) is 5.94. The summed E-state index contributed by atoms with van der Waals surface area (Å²) in [6.07, 6.45) is 0. The molecule has 0 aliphatic heterocycles. The van der Waals surface area contributed by atoms with Gasteiger partial charge >= 0.3 is 0 Å². The average Bonchev–Trinajstić information content (AvgIpc) is 2.81. The average molecular weight is 309 g/mol. The van der Waals surface area contributed by atoms with E-state index in [2.05, 4.69) is 10.6 Å². The molecular formula is C14H13ClN2O2S.